The Morgan fingerprint density at radius 1 is 1.19 bits per heavy atom. The Morgan fingerprint density at radius 2 is 1.95 bits per heavy atom. The lowest BCUT2D eigenvalue weighted by molar-refractivity contribution is 0.302. The highest BCUT2D eigenvalue weighted by Crippen LogP contribution is 2.26. The van der Waals surface area contributed by atoms with Gasteiger partial charge in [-0.3, -0.25) is 0 Å². The third-order valence-corrected chi connectivity index (χ3v) is 3.30. The van der Waals surface area contributed by atoms with Crippen molar-refractivity contribution in [3.05, 3.63) is 63.6 Å². The second kappa shape index (κ2) is 6.53. The molecule has 0 aliphatic carbocycles. The van der Waals surface area contributed by atoms with Gasteiger partial charge in [-0.2, -0.15) is 0 Å². The predicted octanol–water partition coefficient (Wildman–Crippen LogP) is 3.40. The summed E-state index contributed by atoms with van der Waals surface area (Å²) in [5.41, 5.74) is 6.12. The number of amidine groups is 1. The Morgan fingerprint density at radius 3 is 2.67 bits per heavy atom. The van der Waals surface area contributed by atoms with Crippen molar-refractivity contribution in [3.8, 4) is 5.75 Å². The van der Waals surface area contributed by atoms with E-state index in [0.717, 1.165) is 6.07 Å². The van der Waals surface area contributed by atoms with Crippen LogP contribution in [0.15, 0.2) is 46.0 Å². The van der Waals surface area contributed by atoms with Gasteiger partial charge in [0.05, 0.1) is 4.47 Å². The summed E-state index contributed by atoms with van der Waals surface area (Å²) in [5.74, 6) is -0.895. The number of oxime groups is 1. The summed E-state index contributed by atoms with van der Waals surface area (Å²) in [4.78, 5) is 0. The summed E-state index contributed by atoms with van der Waals surface area (Å²) >= 11 is 3.23. The van der Waals surface area contributed by atoms with E-state index >= 15 is 0 Å². The van der Waals surface area contributed by atoms with Crippen molar-refractivity contribution in [1.29, 1.82) is 0 Å². The molecule has 3 N–H and O–H groups in total. The van der Waals surface area contributed by atoms with Crippen LogP contribution in [0.1, 0.15) is 11.1 Å². The first-order chi connectivity index (χ1) is 9.99. The number of ether oxygens (including phenoxy) is 1. The van der Waals surface area contributed by atoms with Gasteiger partial charge in [-0.15, -0.1) is 0 Å². The molecule has 7 heteroatoms. The first-order valence-corrected chi connectivity index (χ1v) is 6.64. The number of nitrogens with zero attached hydrogens (tertiary/aromatic N) is 1. The molecular weight excluding hydrogens is 346 g/mol. The standard InChI is InChI=1S/C14H11BrF2N2O2/c15-12-2-1-10(16)6-13(12)21-7-8-3-9(14(18)19-20)5-11(17)4-8/h1-6,20H,7H2,(H2,18,19). The maximum Gasteiger partial charge on any atom is 0.170 e. The normalized spacial score (nSPS) is 11.5. The first kappa shape index (κ1) is 15.2. The van der Waals surface area contributed by atoms with Crippen LogP contribution in [-0.4, -0.2) is 11.0 Å². The fraction of sp³-hybridized carbons (Fsp3) is 0.0714. The number of hydrogen-bond acceptors (Lipinski definition) is 3. The van der Waals surface area contributed by atoms with Crippen LogP contribution in [0.4, 0.5) is 8.78 Å². The Bertz CT molecular complexity index is 693. The molecule has 0 atom stereocenters. The van der Waals surface area contributed by atoms with Crippen LogP contribution in [0.5, 0.6) is 5.75 Å². The quantitative estimate of drug-likeness (QED) is 0.381. The molecule has 0 unspecified atom stereocenters. The first-order valence-electron chi connectivity index (χ1n) is 5.85. The zero-order valence-corrected chi connectivity index (χ0v) is 12.3. The van der Waals surface area contributed by atoms with Crippen molar-refractivity contribution in [1.82, 2.24) is 0 Å². The van der Waals surface area contributed by atoms with Crippen LogP contribution in [0.2, 0.25) is 0 Å². The van der Waals surface area contributed by atoms with Crippen molar-refractivity contribution in [2.75, 3.05) is 0 Å². The zero-order valence-electron chi connectivity index (χ0n) is 10.7. The lowest BCUT2D eigenvalue weighted by atomic mass is 10.1. The largest absolute Gasteiger partial charge is 0.488 e. The van der Waals surface area contributed by atoms with Gasteiger partial charge >= 0.3 is 0 Å². The fourth-order valence-corrected chi connectivity index (χ4v) is 2.05. The Hall–Kier alpha value is -2.15. The van der Waals surface area contributed by atoms with E-state index in [1.54, 1.807) is 0 Å². The molecule has 0 amide bonds. The van der Waals surface area contributed by atoms with Crippen molar-refractivity contribution in [3.63, 3.8) is 0 Å². The summed E-state index contributed by atoms with van der Waals surface area (Å²) in [5, 5.41) is 11.4. The highest BCUT2D eigenvalue weighted by molar-refractivity contribution is 9.10. The van der Waals surface area contributed by atoms with E-state index in [4.69, 9.17) is 15.7 Å². The van der Waals surface area contributed by atoms with E-state index in [1.165, 1.54) is 30.3 Å². The molecule has 2 aromatic rings. The van der Waals surface area contributed by atoms with Crippen LogP contribution in [0, 0.1) is 11.6 Å². The van der Waals surface area contributed by atoms with Gasteiger partial charge < -0.3 is 15.7 Å². The molecule has 0 spiro atoms. The molecule has 0 aliphatic heterocycles. The van der Waals surface area contributed by atoms with Gasteiger partial charge in [-0.1, -0.05) is 5.16 Å². The summed E-state index contributed by atoms with van der Waals surface area (Å²) in [7, 11) is 0. The Kier molecular flexibility index (Phi) is 4.74. The maximum atomic E-state index is 13.5. The molecule has 0 bridgehead atoms. The molecule has 0 fully saturated rings. The summed E-state index contributed by atoms with van der Waals surface area (Å²) in [6, 6.07) is 7.92. The average Bonchev–Trinajstić information content (AvgIpc) is 2.46. The number of halogens is 3. The molecule has 4 nitrogen and oxygen atoms in total. The summed E-state index contributed by atoms with van der Waals surface area (Å²) in [6.07, 6.45) is 0. The van der Waals surface area contributed by atoms with Crippen LogP contribution in [-0.2, 0) is 6.61 Å². The minimum Gasteiger partial charge on any atom is -0.488 e. The van der Waals surface area contributed by atoms with Crippen LogP contribution in [0.3, 0.4) is 0 Å². The van der Waals surface area contributed by atoms with Crippen molar-refractivity contribution >= 4 is 21.8 Å². The van der Waals surface area contributed by atoms with E-state index in [-0.39, 0.29) is 18.0 Å². The molecule has 0 aromatic heterocycles. The van der Waals surface area contributed by atoms with E-state index < -0.39 is 11.6 Å². The van der Waals surface area contributed by atoms with E-state index in [9.17, 15) is 8.78 Å². The highest BCUT2D eigenvalue weighted by atomic mass is 79.9. The molecule has 21 heavy (non-hydrogen) atoms. The zero-order chi connectivity index (χ0) is 15.4. The molecule has 0 saturated heterocycles. The van der Waals surface area contributed by atoms with E-state index in [1.807, 2.05) is 0 Å². The van der Waals surface area contributed by atoms with E-state index in [0.29, 0.717) is 15.8 Å². The molecule has 2 rings (SSSR count). The molecule has 0 saturated carbocycles. The fourth-order valence-electron chi connectivity index (χ4n) is 1.69. The average molecular weight is 357 g/mol. The second-order valence-corrected chi connectivity index (χ2v) is 5.05. The Labute approximate surface area is 128 Å². The van der Waals surface area contributed by atoms with Crippen LogP contribution in [0.25, 0.3) is 0 Å². The molecule has 0 radical (unpaired) electrons. The van der Waals surface area contributed by atoms with Crippen molar-refractivity contribution in [2.24, 2.45) is 10.9 Å². The summed E-state index contributed by atoms with van der Waals surface area (Å²) < 4.78 is 32.6. The van der Waals surface area contributed by atoms with Gasteiger partial charge in [-0.25, -0.2) is 8.78 Å². The molecule has 0 heterocycles. The monoisotopic (exact) mass is 356 g/mol. The maximum absolute atomic E-state index is 13.5. The predicted molar refractivity (Wildman–Crippen MR) is 77.3 cm³/mol. The third-order valence-electron chi connectivity index (χ3n) is 2.65. The molecule has 2 aromatic carbocycles. The van der Waals surface area contributed by atoms with Gasteiger partial charge in [0.15, 0.2) is 5.84 Å². The van der Waals surface area contributed by atoms with Gasteiger partial charge in [0.25, 0.3) is 0 Å². The smallest absolute Gasteiger partial charge is 0.170 e. The Balaban J connectivity index is 2.20. The van der Waals surface area contributed by atoms with Crippen molar-refractivity contribution < 1.29 is 18.7 Å². The molecule has 110 valence electrons. The minimum absolute atomic E-state index is 0.00548. The van der Waals surface area contributed by atoms with Crippen LogP contribution >= 0.6 is 15.9 Å². The van der Waals surface area contributed by atoms with Gasteiger partial charge in [0, 0.05) is 11.6 Å². The number of rotatable bonds is 4. The third kappa shape index (κ3) is 3.91. The van der Waals surface area contributed by atoms with Gasteiger partial charge in [-0.05, 0) is 51.8 Å². The minimum atomic E-state index is -0.545. The topological polar surface area (TPSA) is 67.8 Å². The highest BCUT2D eigenvalue weighted by Gasteiger charge is 2.07. The van der Waals surface area contributed by atoms with Gasteiger partial charge in [0.1, 0.15) is 24.0 Å². The lowest BCUT2D eigenvalue weighted by Gasteiger charge is -2.09. The van der Waals surface area contributed by atoms with Crippen molar-refractivity contribution in [2.45, 2.75) is 6.61 Å². The van der Waals surface area contributed by atoms with E-state index in [2.05, 4.69) is 21.1 Å². The van der Waals surface area contributed by atoms with Crippen LogP contribution < -0.4 is 10.5 Å². The number of hydrogen-bond donors (Lipinski definition) is 2. The number of benzene rings is 2. The molecule has 0 aliphatic rings. The SMILES string of the molecule is N/C(=N/O)c1cc(F)cc(COc2cc(F)ccc2Br)c1. The second-order valence-electron chi connectivity index (χ2n) is 4.20. The summed E-state index contributed by atoms with van der Waals surface area (Å²) in [6.45, 7) is 0.00548. The van der Waals surface area contributed by atoms with Gasteiger partial charge in [0.2, 0.25) is 0 Å². The molecular formula is C14H11BrF2N2O2. The number of nitrogens with two attached hydrogens (primary N) is 1. The lowest BCUT2D eigenvalue weighted by Crippen LogP contribution is -2.14.